The Morgan fingerprint density at radius 3 is 2.52 bits per heavy atom. The molecule has 1 fully saturated rings. The highest BCUT2D eigenvalue weighted by atomic mass is 32.2. The summed E-state index contributed by atoms with van der Waals surface area (Å²) in [6, 6.07) is 6.65. The van der Waals surface area contributed by atoms with Crippen molar-refractivity contribution in [3.8, 4) is 0 Å². The first-order chi connectivity index (χ1) is 9.83. The minimum atomic E-state index is -3.70. The summed E-state index contributed by atoms with van der Waals surface area (Å²) in [6.45, 7) is 1.83. The van der Waals surface area contributed by atoms with E-state index in [0.717, 1.165) is 24.8 Å². The molecular formula is C15H21NO4S. The van der Waals surface area contributed by atoms with E-state index in [1.54, 1.807) is 12.1 Å². The first-order valence-electron chi connectivity index (χ1n) is 7.15. The van der Waals surface area contributed by atoms with Crippen LogP contribution in [0.4, 0.5) is 0 Å². The van der Waals surface area contributed by atoms with Gasteiger partial charge in [0.05, 0.1) is 11.3 Å². The Labute approximate surface area is 125 Å². The monoisotopic (exact) mass is 311 g/mol. The van der Waals surface area contributed by atoms with Crippen molar-refractivity contribution in [2.45, 2.75) is 55.9 Å². The van der Waals surface area contributed by atoms with Gasteiger partial charge in [0.15, 0.2) is 0 Å². The topological polar surface area (TPSA) is 83.5 Å². The summed E-state index contributed by atoms with van der Waals surface area (Å²) in [5.41, 5.74) is 0.000873. The molecule has 21 heavy (non-hydrogen) atoms. The fraction of sp³-hybridized carbons (Fsp3) is 0.533. The minimum Gasteiger partial charge on any atom is -0.481 e. The molecule has 116 valence electrons. The third-order valence-electron chi connectivity index (χ3n) is 3.95. The van der Waals surface area contributed by atoms with Gasteiger partial charge in [0, 0.05) is 5.54 Å². The van der Waals surface area contributed by atoms with Crippen molar-refractivity contribution >= 4 is 16.0 Å². The Morgan fingerprint density at radius 1 is 1.29 bits per heavy atom. The molecule has 1 saturated carbocycles. The van der Waals surface area contributed by atoms with E-state index in [1.807, 2.05) is 13.0 Å². The summed E-state index contributed by atoms with van der Waals surface area (Å²) in [4.78, 5) is 11.3. The summed E-state index contributed by atoms with van der Waals surface area (Å²) in [6.07, 6.45) is 3.70. The van der Waals surface area contributed by atoms with E-state index in [0.29, 0.717) is 12.8 Å². The maximum atomic E-state index is 12.5. The molecular weight excluding hydrogens is 290 g/mol. The zero-order valence-corrected chi connectivity index (χ0v) is 12.9. The molecule has 0 amide bonds. The van der Waals surface area contributed by atoms with Crippen molar-refractivity contribution in [3.05, 3.63) is 29.8 Å². The van der Waals surface area contributed by atoms with Crippen molar-refractivity contribution in [1.82, 2.24) is 4.72 Å². The summed E-state index contributed by atoms with van der Waals surface area (Å²) in [5, 5.41) is 9.11. The number of aryl methyl sites for hydroxylation is 1. The molecule has 0 aliphatic heterocycles. The molecule has 1 aliphatic carbocycles. The van der Waals surface area contributed by atoms with E-state index in [9.17, 15) is 13.2 Å². The molecule has 2 rings (SSSR count). The third kappa shape index (κ3) is 4.04. The molecule has 1 aromatic rings. The number of benzene rings is 1. The normalized spacial score (nSPS) is 18.3. The number of hydrogen-bond donors (Lipinski definition) is 2. The molecule has 0 heterocycles. The number of aliphatic carboxylic acids is 1. The van der Waals surface area contributed by atoms with Gasteiger partial charge in [0.1, 0.15) is 0 Å². The van der Waals surface area contributed by atoms with Gasteiger partial charge in [-0.15, -0.1) is 0 Å². The Kier molecular flexibility index (Phi) is 4.68. The van der Waals surface area contributed by atoms with Crippen LogP contribution in [0, 0.1) is 6.92 Å². The van der Waals surface area contributed by atoms with Gasteiger partial charge in [0.2, 0.25) is 10.0 Å². The minimum absolute atomic E-state index is 0.169. The SMILES string of the molecule is Cc1cccc(S(=O)(=O)NC2(CC(=O)O)CCCCC2)c1. The molecule has 0 atom stereocenters. The van der Waals surface area contributed by atoms with Crippen LogP contribution in [-0.4, -0.2) is 25.0 Å². The predicted octanol–water partition coefficient (Wildman–Crippen LogP) is 2.45. The fourth-order valence-electron chi connectivity index (χ4n) is 2.96. The summed E-state index contributed by atoms with van der Waals surface area (Å²) in [5.74, 6) is -0.969. The standard InChI is InChI=1S/C15H21NO4S/c1-12-6-5-7-13(10-12)21(19,20)16-15(11-14(17)18)8-3-2-4-9-15/h5-7,10,16H,2-4,8-9,11H2,1H3,(H,17,18). The van der Waals surface area contributed by atoms with Crippen molar-refractivity contribution in [2.75, 3.05) is 0 Å². The molecule has 0 unspecified atom stereocenters. The van der Waals surface area contributed by atoms with Crippen LogP contribution >= 0.6 is 0 Å². The highest BCUT2D eigenvalue weighted by Gasteiger charge is 2.38. The second kappa shape index (κ2) is 6.15. The molecule has 1 aromatic carbocycles. The van der Waals surface area contributed by atoms with Crippen LogP contribution in [-0.2, 0) is 14.8 Å². The number of rotatable bonds is 5. The van der Waals surface area contributed by atoms with Crippen molar-refractivity contribution in [3.63, 3.8) is 0 Å². The highest BCUT2D eigenvalue weighted by molar-refractivity contribution is 7.89. The maximum Gasteiger partial charge on any atom is 0.305 e. The zero-order valence-electron chi connectivity index (χ0n) is 12.1. The Morgan fingerprint density at radius 2 is 1.95 bits per heavy atom. The second-order valence-electron chi connectivity index (χ2n) is 5.83. The van der Waals surface area contributed by atoms with Gasteiger partial charge in [-0.25, -0.2) is 13.1 Å². The number of hydrogen-bond acceptors (Lipinski definition) is 3. The van der Waals surface area contributed by atoms with Gasteiger partial charge < -0.3 is 5.11 Å². The van der Waals surface area contributed by atoms with E-state index >= 15 is 0 Å². The first-order valence-corrected chi connectivity index (χ1v) is 8.64. The summed E-state index contributed by atoms with van der Waals surface area (Å²) in [7, 11) is -3.70. The molecule has 2 N–H and O–H groups in total. The zero-order chi connectivity index (χ0) is 15.5. The smallest absolute Gasteiger partial charge is 0.305 e. The van der Waals surface area contributed by atoms with Crippen LogP contribution < -0.4 is 4.72 Å². The number of carboxylic acids is 1. The number of nitrogens with one attached hydrogen (secondary N) is 1. The maximum absolute atomic E-state index is 12.5. The predicted molar refractivity (Wildman–Crippen MR) is 79.6 cm³/mol. The van der Waals surface area contributed by atoms with Gasteiger partial charge in [-0.05, 0) is 37.5 Å². The first kappa shape index (κ1) is 16.0. The van der Waals surface area contributed by atoms with Crippen molar-refractivity contribution in [1.29, 1.82) is 0 Å². The van der Waals surface area contributed by atoms with Crippen molar-refractivity contribution in [2.24, 2.45) is 0 Å². The van der Waals surface area contributed by atoms with Gasteiger partial charge in [-0.2, -0.15) is 0 Å². The van der Waals surface area contributed by atoms with E-state index in [1.165, 1.54) is 6.07 Å². The molecule has 0 radical (unpaired) electrons. The third-order valence-corrected chi connectivity index (χ3v) is 5.53. The lowest BCUT2D eigenvalue weighted by atomic mass is 9.80. The van der Waals surface area contributed by atoms with Crippen LogP contribution in [0.5, 0.6) is 0 Å². The lowest BCUT2D eigenvalue weighted by Gasteiger charge is -2.36. The molecule has 0 spiro atoms. The van der Waals surface area contributed by atoms with E-state index in [-0.39, 0.29) is 11.3 Å². The Bertz CT molecular complexity index is 618. The van der Waals surface area contributed by atoms with Crippen LogP contribution in [0.15, 0.2) is 29.2 Å². The summed E-state index contributed by atoms with van der Waals surface area (Å²) >= 11 is 0. The molecule has 0 aromatic heterocycles. The van der Waals surface area contributed by atoms with E-state index in [4.69, 9.17) is 5.11 Å². The largest absolute Gasteiger partial charge is 0.481 e. The second-order valence-corrected chi connectivity index (χ2v) is 7.52. The van der Waals surface area contributed by atoms with Crippen LogP contribution in [0.3, 0.4) is 0 Å². The fourth-order valence-corrected chi connectivity index (χ4v) is 4.52. The number of carboxylic acid groups (broad SMARTS) is 1. The van der Waals surface area contributed by atoms with Gasteiger partial charge >= 0.3 is 5.97 Å². The average Bonchev–Trinajstić information content (AvgIpc) is 2.38. The highest BCUT2D eigenvalue weighted by Crippen LogP contribution is 2.32. The number of sulfonamides is 1. The quantitative estimate of drug-likeness (QED) is 0.875. The lowest BCUT2D eigenvalue weighted by molar-refractivity contribution is -0.138. The van der Waals surface area contributed by atoms with E-state index < -0.39 is 21.5 Å². The summed E-state index contributed by atoms with van der Waals surface area (Å²) < 4.78 is 27.7. The molecule has 5 nitrogen and oxygen atoms in total. The van der Waals surface area contributed by atoms with Crippen LogP contribution in [0.2, 0.25) is 0 Å². The van der Waals surface area contributed by atoms with Gasteiger partial charge in [-0.3, -0.25) is 4.79 Å². The van der Waals surface area contributed by atoms with E-state index in [2.05, 4.69) is 4.72 Å². The Balaban J connectivity index is 2.28. The number of carbonyl (C=O) groups is 1. The lowest BCUT2D eigenvalue weighted by Crippen LogP contribution is -2.50. The molecule has 0 bridgehead atoms. The van der Waals surface area contributed by atoms with Gasteiger partial charge in [-0.1, -0.05) is 31.4 Å². The average molecular weight is 311 g/mol. The van der Waals surface area contributed by atoms with Crippen LogP contribution in [0.1, 0.15) is 44.1 Å². The van der Waals surface area contributed by atoms with Crippen molar-refractivity contribution < 1.29 is 18.3 Å². The molecule has 0 saturated heterocycles. The van der Waals surface area contributed by atoms with Gasteiger partial charge in [0.25, 0.3) is 0 Å². The van der Waals surface area contributed by atoms with Crippen LogP contribution in [0.25, 0.3) is 0 Å². The molecule has 1 aliphatic rings. The molecule has 6 heteroatoms. The Hall–Kier alpha value is -1.40.